The minimum Gasteiger partial charge on any atom is -0.494 e. The van der Waals surface area contributed by atoms with Crippen molar-refractivity contribution in [2.45, 2.75) is 13.0 Å². The first kappa shape index (κ1) is 17.3. The Bertz CT molecular complexity index is 503. The van der Waals surface area contributed by atoms with Gasteiger partial charge in [0.05, 0.1) is 12.4 Å². The van der Waals surface area contributed by atoms with E-state index in [0.29, 0.717) is 12.4 Å². The summed E-state index contributed by atoms with van der Waals surface area (Å²) >= 11 is 1.64. The second kappa shape index (κ2) is 8.54. The highest BCUT2D eigenvalue weighted by atomic mass is 32.2. The van der Waals surface area contributed by atoms with Crippen molar-refractivity contribution in [3.8, 4) is 5.75 Å². The molecule has 0 aliphatic carbocycles. The lowest BCUT2D eigenvalue weighted by atomic mass is 10.1. The lowest BCUT2D eigenvalue weighted by Crippen LogP contribution is -2.20. The second-order valence-corrected chi connectivity index (χ2v) is 7.93. The molecule has 4 nitrogen and oxygen atoms in total. The predicted octanol–water partition coefficient (Wildman–Crippen LogP) is 2.12. The first-order valence-corrected chi connectivity index (χ1v) is 9.84. The zero-order chi connectivity index (χ0) is 15.0. The normalized spacial score (nSPS) is 13.2. The molecule has 0 radical (unpaired) electrons. The van der Waals surface area contributed by atoms with Crippen LogP contribution in [-0.2, 0) is 9.84 Å². The van der Waals surface area contributed by atoms with Gasteiger partial charge in [0, 0.05) is 29.4 Å². The number of nitrogens with one attached hydrogen (secondary N) is 1. The van der Waals surface area contributed by atoms with Crippen molar-refractivity contribution in [3.63, 3.8) is 0 Å². The van der Waals surface area contributed by atoms with Crippen molar-refractivity contribution in [2.24, 2.45) is 0 Å². The van der Waals surface area contributed by atoms with E-state index in [1.165, 1.54) is 6.26 Å². The fourth-order valence-corrected chi connectivity index (χ4v) is 4.23. The molecule has 0 fully saturated rings. The summed E-state index contributed by atoms with van der Waals surface area (Å²) in [5.41, 5.74) is 1.11. The van der Waals surface area contributed by atoms with Crippen LogP contribution in [0, 0.1) is 0 Å². The minimum absolute atomic E-state index is 0.155. The standard InChI is InChI=1S/C14H23NO3S2/c1-4-18-14-8-6-5-7-12(14)13(15-2)11-19-9-10-20(3,16)17/h5-8,13,15H,4,9-11H2,1-3H3. The Labute approximate surface area is 126 Å². The number of hydrogen-bond donors (Lipinski definition) is 1. The number of ether oxygens (including phenoxy) is 1. The molecule has 1 aromatic carbocycles. The van der Waals surface area contributed by atoms with Crippen molar-refractivity contribution in [3.05, 3.63) is 29.8 Å². The van der Waals surface area contributed by atoms with Gasteiger partial charge in [0.1, 0.15) is 15.6 Å². The van der Waals surface area contributed by atoms with Gasteiger partial charge >= 0.3 is 0 Å². The maximum Gasteiger partial charge on any atom is 0.148 e. The average molecular weight is 317 g/mol. The van der Waals surface area contributed by atoms with Gasteiger partial charge in [-0.2, -0.15) is 11.8 Å². The van der Waals surface area contributed by atoms with E-state index in [-0.39, 0.29) is 11.8 Å². The van der Waals surface area contributed by atoms with Crippen molar-refractivity contribution in [1.82, 2.24) is 5.32 Å². The van der Waals surface area contributed by atoms with Gasteiger partial charge in [-0.3, -0.25) is 0 Å². The van der Waals surface area contributed by atoms with E-state index in [4.69, 9.17) is 4.74 Å². The van der Waals surface area contributed by atoms with Crippen molar-refractivity contribution in [1.29, 1.82) is 0 Å². The quantitative estimate of drug-likeness (QED) is 0.707. The van der Waals surface area contributed by atoms with Crippen LogP contribution in [0.25, 0.3) is 0 Å². The van der Waals surface area contributed by atoms with E-state index in [0.717, 1.165) is 17.1 Å². The van der Waals surface area contributed by atoms with Gasteiger partial charge in [-0.05, 0) is 20.0 Å². The summed E-state index contributed by atoms with van der Waals surface area (Å²) in [7, 11) is -0.969. The number of benzene rings is 1. The first-order chi connectivity index (χ1) is 9.48. The van der Waals surface area contributed by atoms with Crippen LogP contribution in [0.3, 0.4) is 0 Å². The van der Waals surface area contributed by atoms with Gasteiger partial charge in [-0.15, -0.1) is 0 Å². The highest BCUT2D eigenvalue weighted by Crippen LogP contribution is 2.27. The molecule has 0 aromatic heterocycles. The molecule has 0 spiro atoms. The molecule has 6 heteroatoms. The van der Waals surface area contributed by atoms with E-state index in [1.807, 2.05) is 38.2 Å². The van der Waals surface area contributed by atoms with E-state index in [9.17, 15) is 8.42 Å². The molecule has 1 rings (SSSR count). The van der Waals surface area contributed by atoms with E-state index >= 15 is 0 Å². The van der Waals surface area contributed by atoms with Gasteiger partial charge < -0.3 is 10.1 Å². The van der Waals surface area contributed by atoms with Crippen LogP contribution in [0.5, 0.6) is 5.75 Å². The largest absolute Gasteiger partial charge is 0.494 e. The number of hydrogen-bond acceptors (Lipinski definition) is 5. The topological polar surface area (TPSA) is 55.4 Å². The summed E-state index contributed by atoms with van der Waals surface area (Å²) in [6, 6.07) is 8.11. The summed E-state index contributed by atoms with van der Waals surface area (Å²) in [6.07, 6.45) is 1.27. The molecule has 0 saturated carbocycles. The Kier molecular flexibility index (Phi) is 7.40. The van der Waals surface area contributed by atoms with Crippen LogP contribution in [0.1, 0.15) is 18.5 Å². The van der Waals surface area contributed by atoms with Gasteiger partial charge in [-0.1, -0.05) is 18.2 Å². The maximum atomic E-state index is 11.1. The third-order valence-corrected chi connectivity index (χ3v) is 5.09. The van der Waals surface area contributed by atoms with Crippen molar-refractivity contribution >= 4 is 21.6 Å². The zero-order valence-electron chi connectivity index (χ0n) is 12.3. The molecule has 0 heterocycles. The molecular formula is C14H23NO3S2. The Morgan fingerprint density at radius 2 is 2.05 bits per heavy atom. The molecule has 0 amide bonds. The smallest absolute Gasteiger partial charge is 0.148 e. The average Bonchev–Trinajstić information content (AvgIpc) is 2.39. The Hall–Kier alpha value is -0.720. The van der Waals surface area contributed by atoms with Gasteiger partial charge in [0.15, 0.2) is 0 Å². The molecule has 20 heavy (non-hydrogen) atoms. The molecule has 1 unspecified atom stereocenters. The molecule has 0 aliphatic rings. The van der Waals surface area contributed by atoms with Crippen molar-refractivity contribution < 1.29 is 13.2 Å². The monoisotopic (exact) mass is 317 g/mol. The highest BCUT2D eigenvalue weighted by Gasteiger charge is 2.14. The number of para-hydroxylation sites is 1. The highest BCUT2D eigenvalue weighted by molar-refractivity contribution is 8.00. The molecular weight excluding hydrogens is 294 g/mol. The van der Waals surface area contributed by atoms with Gasteiger partial charge in [0.2, 0.25) is 0 Å². The first-order valence-electron chi connectivity index (χ1n) is 6.62. The number of sulfone groups is 1. The molecule has 0 aliphatic heterocycles. The van der Waals surface area contributed by atoms with Crippen molar-refractivity contribution in [2.75, 3.05) is 37.2 Å². The van der Waals surface area contributed by atoms with Crippen LogP contribution in [0.15, 0.2) is 24.3 Å². The molecule has 1 N–H and O–H groups in total. The summed E-state index contributed by atoms with van der Waals surface area (Å²) in [5, 5.41) is 3.26. The molecule has 1 atom stereocenters. The Morgan fingerprint density at radius 3 is 2.65 bits per heavy atom. The molecule has 0 saturated heterocycles. The van der Waals surface area contributed by atoms with Crippen LogP contribution in [0.2, 0.25) is 0 Å². The minimum atomic E-state index is -2.88. The van der Waals surface area contributed by atoms with Crippen LogP contribution in [0.4, 0.5) is 0 Å². The predicted molar refractivity (Wildman–Crippen MR) is 86.4 cm³/mol. The Morgan fingerprint density at radius 1 is 1.35 bits per heavy atom. The van der Waals surface area contributed by atoms with E-state index < -0.39 is 9.84 Å². The summed E-state index contributed by atoms with van der Waals surface area (Å²) in [4.78, 5) is 0. The summed E-state index contributed by atoms with van der Waals surface area (Å²) < 4.78 is 27.8. The zero-order valence-corrected chi connectivity index (χ0v) is 13.9. The maximum absolute atomic E-state index is 11.1. The van der Waals surface area contributed by atoms with Gasteiger partial charge in [0.25, 0.3) is 0 Å². The number of thioether (sulfide) groups is 1. The summed E-state index contributed by atoms with van der Waals surface area (Å²) in [6.45, 7) is 2.60. The lowest BCUT2D eigenvalue weighted by Gasteiger charge is -2.19. The fourth-order valence-electron chi connectivity index (χ4n) is 1.80. The molecule has 0 bridgehead atoms. The van der Waals surface area contributed by atoms with Crippen LogP contribution < -0.4 is 10.1 Å². The van der Waals surface area contributed by atoms with Crippen LogP contribution >= 0.6 is 11.8 Å². The third kappa shape index (κ3) is 6.15. The SMILES string of the molecule is CCOc1ccccc1C(CSCCS(C)(=O)=O)NC. The summed E-state index contributed by atoms with van der Waals surface area (Å²) in [5.74, 6) is 2.54. The third-order valence-electron chi connectivity index (χ3n) is 2.83. The fraction of sp³-hybridized carbons (Fsp3) is 0.571. The van der Waals surface area contributed by atoms with E-state index in [1.54, 1.807) is 11.8 Å². The van der Waals surface area contributed by atoms with Crippen LogP contribution in [-0.4, -0.2) is 45.6 Å². The molecule has 114 valence electrons. The van der Waals surface area contributed by atoms with E-state index in [2.05, 4.69) is 5.32 Å². The molecule has 1 aromatic rings. The Balaban J connectivity index is 2.62. The van der Waals surface area contributed by atoms with Gasteiger partial charge in [-0.25, -0.2) is 8.42 Å². The lowest BCUT2D eigenvalue weighted by molar-refractivity contribution is 0.333. The number of rotatable bonds is 9. The second-order valence-electron chi connectivity index (χ2n) is 4.52.